The second-order valence-corrected chi connectivity index (χ2v) is 13.2. The van der Waals surface area contributed by atoms with Crippen molar-refractivity contribution in [3.05, 3.63) is 116 Å². The number of benzene rings is 3. The van der Waals surface area contributed by atoms with Gasteiger partial charge in [-0.15, -0.1) is 0 Å². The lowest BCUT2D eigenvalue weighted by molar-refractivity contribution is -0.190. The van der Waals surface area contributed by atoms with Crippen molar-refractivity contribution in [2.45, 2.75) is 37.9 Å². The number of rotatable bonds is 9. The molecule has 0 amide bonds. The Morgan fingerprint density at radius 3 is 2.06 bits per heavy atom. The number of hydrogen-bond acceptors (Lipinski definition) is 9. The Bertz CT molecular complexity index is 2020. The Kier molecular flexibility index (Phi) is 8.44. The molecule has 0 bridgehead atoms. The van der Waals surface area contributed by atoms with E-state index in [9.17, 15) is 9.59 Å². The second-order valence-electron chi connectivity index (χ2n) is 12.3. The molecule has 8 rings (SSSR count). The first kappa shape index (κ1) is 31.7. The van der Waals surface area contributed by atoms with Gasteiger partial charge in [0.15, 0.2) is 0 Å². The highest BCUT2D eigenvalue weighted by molar-refractivity contribution is 6.35. The summed E-state index contributed by atoms with van der Waals surface area (Å²) >= 11 is 12.7. The summed E-state index contributed by atoms with van der Waals surface area (Å²) in [6.45, 7) is 5.41. The molecule has 5 aromatic rings. The topological polar surface area (TPSA) is 114 Å². The Balaban J connectivity index is 0.860. The molecule has 0 radical (unpaired) electrons. The van der Waals surface area contributed by atoms with E-state index in [-0.39, 0.29) is 30.6 Å². The monoisotopic (exact) mass is 704 g/mol. The number of ether oxygens (including phenoxy) is 3. The molecule has 2 saturated heterocycles. The highest BCUT2D eigenvalue weighted by Crippen LogP contribution is 2.40. The first-order chi connectivity index (χ1) is 23.9. The fourth-order valence-corrected chi connectivity index (χ4v) is 7.36. The zero-order valence-corrected chi connectivity index (χ0v) is 28.0. The van der Waals surface area contributed by atoms with Crippen molar-refractivity contribution in [3.8, 4) is 11.4 Å². The third-order valence-electron chi connectivity index (χ3n) is 9.28. The summed E-state index contributed by atoms with van der Waals surface area (Å²) in [4.78, 5) is 34.2. The van der Waals surface area contributed by atoms with Gasteiger partial charge >= 0.3 is 11.4 Å². The van der Waals surface area contributed by atoms with Crippen LogP contribution in [0.15, 0.2) is 89.0 Å². The molecule has 5 heterocycles. The maximum atomic E-state index is 12.8. The molecule has 2 fully saturated rings. The zero-order chi connectivity index (χ0) is 33.5. The van der Waals surface area contributed by atoms with Gasteiger partial charge in [0.05, 0.1) is 17.3 Å². The summed E-state index contributed by atoms with van der Waals surface area (Å²) in [6, 6.07) is 21.0. The van der Waals surface area contributed by atoms with Gasteiger partial charge in [-0.1, -0.05) is 29.3 Å². The van der Waals surface area contributed by atoms with Crippen LogP contribution in [0.4, 0.5) is 11.4 Å². The summed E-state index contributed by atoms with van der Waals surface area (Å²) in [5.41, 5.74) is 2.89. The second kappa shape index (κ2) is 13.0. The molecule has 0 saturated carbocycles. The van der Waals surface area contributed by atoms with E-state index in [4.69, 9.17) is 37.4 Å². The van der Waals surface area contributed by atoms with E-state index in [1.807, 2.05) is 42.5 Å². The summed E-state index contributed by atoms with van der Waals surface area (Å²) in [5, 5.41) is 5.19. The van der Waals surface area contributed by atoms with Crippen LogP contribution in [-0.4, -0.2) is 74.2 Å². The van der Waals surface area contributed by atoms with E-state index in [1.54, 1.807) is 23.1 Å². The van der Waals surface area contributed by atoms with Gasteiger partial charge in [0, 0.05) is 61.2 Å². The van der Waals surface area contributed by atoms with Crippen LogP contribution in [0.2, 0.25) is 10.0 Å². The number of nitrogens with zero attached hydrogens (tertiary/aromatic N) is 8. The lowest BCUT2D eigenvalue weighted by Gasteiger charge is -2.37. The van der Waals surface area contributed by atoms with Crippen molar-refractivity contribution in [2.24, 2.45) is 0 Å². The molecular formula is C34H34Cl2N8O5. The van der Waals surface area contributed by atoms with Gasteiger partial charge in [-0.2, -0.15) is 5.10 Å². The quantitative estimate of drug-likeness (QED) is 0.226. The fraction of sp³-hybridized carbons (Fsp3) is 0.353. The summed E-state index contributed by atoms with van der Waals surface area (Å²) < 4.78 is 24.8. The molecule has 49 heavy (non-hydrogen) atoms. The molecule has 0 spiro atoms. The minimum atomic E-state index is -1.17. The molecule has 0 unspecified atom stereocenters. The highest BCUT2D eigenvalue weighted by atomic mass is 35.5. The number of halogens is 2. The first-order valence-corrected chi connectivity index (χ1v) is 17.0. The Morgan fingerprint density at radius 2 is 1.45 bits per heavy atom. The van der Waals surface area contributed by atoms with Crippen LogP contribution in [-0.2, 0) is 34.9 Å². The molecule has 3 aliphatic heterocycles. The Labute approximate surface area is 291 Å². The lowest BCUT2D eigenvalue weighted by Crippen LogP contribution is -2.46. The normalized spacial score (nSPS) is 20.6. The zero-order valence-electron chi connectivity index (χ0n) is 26.5. The highest BCUT2D eigenvalue weighted by Gasteiger charge is 2.45. The molecule has 2 aromatic heterocycles. The number of anilines is 2. The van der Waals surface area contributed by atoms with Crippen molar-refractivity contribution in [2.75, 3.05) is 49.2 Å². The first-order valence-electron chi connectivity index (χ1n) is 16.2. The van der Waals surface area contributed by atoms with Crippen LogP contribution >= 0.6 is 23.2 Å². The number of piperazine rings is 1. The minimum Gasteiger partial charge on any atom is -0.491 e. The van der Waals surface area contributed by atoms with Gasteiger partial charge in [-0.05, 0) is 67.1 Å². The molecule has 0 N–H and O–H groups in total. The fourth-order valence-electron chi connectivity index (χ4n) is 6.80. The molecule has 3 aliphatic rings. The predicted octanol–water partition coefficient (Wildman–Crippen LogP) is 3.78. The molecule has 0 aliphatic carbocycles. The van der Waals surface area contributed by atoms with Crippen molar-refractivity contribution in [1.29, 1.82) is 0 Å². The van der Waals surface area contributed by atoms with Crippen molar-refractivity contribution in [1.82, 2.24) is 28.7 Å². The number of hydrogen-bond donors (Lipinski definition) is 0. The molecule has 15 heteroatoms. The van der Waals surface area contributed by atoms with E-state index >= 15 is 0 Å². The largest absolute Gasteiger partial charge is 0.491 e. The maximum Gasteiger partial charge on any atom is 0.351 e. The Hall–Kier alpha value is -4.56. The summed E-state index contributed by atoms with van der Waals surface area (Å²) in [6.07, 6.45) is 3.53. The lowest BCUT2D eigenvalue weighted by atomic mass is 10.1. The smallest absolute Gasteiger partial charge is 0.351 e. The average Bonchev–Trinajstić information content (AvgIpc) is 3.93. The SMILES string of the molecule is O=c1n(-c2ccc(N3CCN(c4ccc(OC[C@@H]5CO[C@@](Cn6cncn6)(c6ccc(Cl)cc6Cl)O5)cc4)CC3)cc2)c(=O)n2n1CCC2. The van der Waals surface area contributed by atoms with Crippen LogP contribution in [0, 0.1) is 0 Å². The van der Waals surface area contributed by atoms with Gasteiger partial charge in [-0.25, -0.2) is 33.2 Å². The van der Waals surface area contributed by atoms with Gasteiger partial charge < -0.3 is 24.0 Å². The third-order valence-corrected chi connectivity index (χ3v) is 9.83. The van der Waals surface area contributed by atoms with Crippen LogP contribution in [0.3, 0.4) is 0 Å². The summed E-state index contributed by atoms with van der Waals surface area (Å²) in [7, 11) is 0. The predicted molar refractivity (Wildman–Crippen MR) is 184 cm³/mol. The molecule has 13 nitrogen and oxygen atoms in total. The molecule has 254 valence electrons. The van der Waals surface area contributed by atoms with Crippen LogP contribution in [0.1, 0.15) is 12.0 Å². The molecular weight excluding hydrogens is 671 g/mol. The number of fused-ring (bicyclic) bond motifs is 1. The molecule has 3 aromatic carbocycles. The maximum absolute atomic E-state index is 12.8. The van der Waals surface area contributed by atoms with E-state index < -0.39 is 5.79 Å². The van der Waals surface area contributed by atoms with E-state index in [0.717, 1.165) is 49.7 Å². The van der Waals surface area contributed by atoms with Gasteiger partial charge in [0.2, 0.25) is 5.79 Å². The van der Waals surface area contributed by atoms with Crippen molar-refractivity contribution in [3.63, 3.8) is 0 Å². The van der Waals surface area contributed by atoms with Crippen LogP contribution < -0.4 is 25.9 Å². The summed E-state index contributed by atoms with van der Waals surface area (Å²) in [5.74, 6) is -0.434. The standard InChI is InChI=1S/C34H34Cl2N8O5/c35-24-2-11-30(31(36)18-24)34(21-41-23-37-22-38-41)48-20-29(49-34)19-47-28-9-7-26(8-10-28)40-16-14-39(15-17-40)25-3-5-27(6-4-25)44-32(45)42-12-1-13-43(42)33(44)46/h2-11,18,22-23,29H,1,12-17,19-21H2/t29-,34-/m1/s1. The number of aromatic nitrogens is 6. The molecule has 2 atom stereocenters. The minimum absolute atomic E-state index is 0.260. The van der Waals surface area contributed by atoms with E-state index in [2.05, 4.69) is 32.0 Å². The van der Waals surface area contributed by atoms with Gasteiger partial charge in [0.25, 0.3) is 0 Å². The average molecular weight is 706 g/mol. The van der Waals surface area contributed by atoms with E-state index in [1.165, 1.54) is 20.3 Å². The van der Waals surface area contributed by atoms with Crippen molar-refractivity contribution < 1.29 is 14.2 Å². The van der Waals surface area contributed by atoms with Crippen LogP contribution in [0.5, 0.6) is 5.75 Å². The third kappa shape index (κ3) is 6.12. The van der Waals surface area contributed by atoms with E-state index in [0.29, 0.717) is 41.0 Å². The van der Waals surface area contributed by atoms with Gasteiger partial charge in [0.1, 0.15) is 37.7 Å². The van der Waals surface area contributed by atoms with Crippen molar-refractivity contribution >= 4 is 34.6 Å². The Morgan fingerprint density at radius 1 is 0.816 bits per heavy atom. The van der Waals surface area contributed by atoms with Crippen LogP contribution in [0.25, 0.3) is 5.69 Å². The van der Waals surface area contributed by atoms with Gasteiger partial charge in [-0.3, -0.25) is 0 Å².